The lowest BCUT2D eigenvalue weighted by molar-refractivity contribution is -0.117. The van der Waals surface area contributed by atoms with Crippen LogP contribution in [0, 0.1) is 28.6 Å². The number of nitrogens with one attached hydrogen (secondary N) is 1. The van der Waals surface area contributed by atoms with Crippen LogP contribution in [0.25, 0.3) is 0 Å². The number of nitriles is 1. The van der Waals surface area contributed by atoms with Crippen LogP contribution in [0.3, 0.4) is 0 Å². The van der Waals surface area contributed by atoms with E-state index in [1.165, 1.54) is 23.3 Å². The molecular formula is C21H31N3OS. The second-order valence-corrected chi connectivity index (χ2v) is 10.3. The van der Waals surface area contributed by atoms with Gasteiger partial charge in [0.1, 0.15) is 11.1 Å². The summed E-state index contributed by atoms with van der Waals surface area (Å²) in [5, 5.41) is 13.5. The summed E-state index contributed by atoms with van der Waals surface area (Å²) in [6.07, 6.45) is 5.53. The van der Waals surface area contributed by atoms with Crippen LogP contribution in [-0.2, 0) is 17.6 Å². The lowest BCUT2D eigenvalue weighted by Gasteiger charge is -2.33. The number of carbonyl (C=O) groups is 1. The highest BCUT2D eigenvalue weighted by Crippen LogP contribution is 2.43. The van der Waals surface area contributed by atoms with Gasteiger partial charge >= 0.3 is 0 Å². The maximum Gasteiger partial charge on any atom is 0.239 e. The van der Waals surface area contributed by atoms with Crippen LogP contribution in [0.15, 0.2) is 0 Å². The van der Waals surface area contributed by atoms with Gasteiger partial charge in [-0.05, 0) is 61.5 Å². The molecule has 2 heterocycles. The zero-order valence-corrected chi connectivity index (χ0v) is 17.3. The minimum atomic E-state index is 0.0153. The fraction of sp³-hybridized carbons (Fsp3) is 0.714. The van der Waals surface area contributed by atoms with Gasteiger partial charge in [-0.25, -0.2) is 0 Å². The molecule has 0 spiro atoms. The van der Waals surface area contributed by atoms with Gasteiger partial charge in [0.05, 0.1) is 12.1 Å². The number of anilines is 1. The van der Waals surface area contributed by atoms with Gasteiger partial charge in [-0.2, -0.15) is 5.26 Å². The Morgan fingerprint density at radius 2 is 2.15 bits per heavy atom. The SMILES string of the molecule is CC1CCCN(CC(=O)Nc2sc3c(c2C#N)CCC(C(C)(C)C)C3)C1. The van der Waals surface area contributed by atoms with E-state index in [4.69, 9.17) is 0 Å². The molecule has 0 bridgehead atoms. The molecule has 1 N–H and O–H groups in total. The van der Waals surface area contributed by atoms with Crippen LogP contribution < -0.4 is 5.32 Å². The molecule has 1 saturated heterocycles. The van der Waals surface area contributed by atoms with Crippen LogP contribution in [0.4, 0.5) is 5.00 Å². The molecule has 2 unspecified atom stereocenters. The van der Waals surface area contributed by atoms with Crippen LogP contribution in [0.1, 0.15) is 63.0 Å². The molecule has 0 saturated carbocycles. The molecule has 1 amide bonds. The van der Waals surface area contributed by atoms with Crippen molar-refractivity contribution < 1.29 is 4.79 Å². The van der Waals surface area contributed by atoms with Gasteiger partial charge in [0.2, 0.25) is 5.91 Å². The number of carbonyl (C=O) groups excluding carboxylic acids is 1. The molecule has 0 aromatic carbocycles. The fourth-order valence-electron chi connectivity index (χ4n) is 4.33. The number of rotatable bonds is 3. The summed E-state index contributed by atoms with van der Waals surface area (Å²) in [5.41, 5.74) is 2.17. The molecule has 142 valence electrons. The molecule has 0 radical (unpaired) electrons. The molecule has 1 aliphatic heterocycles. The first kappa shape index (κ1) is 19.4. The van der Waals surface area contributed by atoms with E-state index in [2.05, 4.69) is 44.0 Å². The van der Waals surface area contributed by atoms with E-state index >= 15 is 0 Å². The highest BCUT2D eigenvalue weighted by atomic mass is 32.1. The predicted molar refractivity (Wildman–Crippen MR) is 107 cm³/mol. The number of thiophene rings is 1. The molecule has 1 aromatic rings. The molecule has 1 aliphatic carbocycles. The molecule has 4 nitrogen and oxygen atoms in total. The zero-order valence-electron chi connectivity index (χ0n) is 16.5. The van der Waals surface area contributed by atoms with Crippen LogP contribution >= 0.6 is 11.3 Å². The summed E-state index contributed by atoms with van der Waals surface area (Å²) < 4.78 is 0. The second-order valence-electron chi connectivity index (χ2n) is 9.16. The smallest absolute Gasteiger partial charge is 0.239 e. The molecule has 2 atom stereocenters. The third-order valence-corrected chi connectivity index (χ3v) is 7.13. The van der Waals surface area contributed by atoms with Gasteiger partial charge < -0.3 is 5.32 Å². The van der Waals surface area contributed by atoms with Crippen molar-refractivity contribution in [1.29, 1.82) is 5.26 Å². The van der Waals surface area contributed by atoms with E-state index in [0.717, 1.165) is 37.4 Å². The molecule has 1 fully saturated rings. The Kier molecular flexibility index (Phi) is 5.74. The van der Waals surface area contributed by atoms with Crippen molar-refractivity contribution >= 4 is 22.2 Å². The Morgan fingerprint density at radius 1 is 1.38 bits per heavy atom. The van der Waals surface area contributed by atoms with Crippen LogP contribution in [0.5, 0.6) is 0 Å². The van der Waals surface area contributed by atoms with Gasteiger partial charge in [-0.15, -0.1) is 11.3 Å². The van der Waals surface area contributed by atoms with Gasteiger partial charge in [0, 0.05) is 11.4 Å². The largest absolute Gasteiger partial charge is 0.315 e. The fourth-order valence-corrected chi connectivity index (χ4v) is 5.63. The number of piperidine rings is 1. The number of likely N-dealkylation sites (tertiary alicyclic amines) is 1. The van der Waals surface area contributed by atoms with E-state index in [1.54, 1.807) is 11.3 Å². The molecule has 5 heteroatoms. The number of fused-ring (bicyclic) bond motifs is 1. The van der Waals surface area contributed by atoms with E-state index in [9.17, 15) is 10.1 Å². The molecular weight excluding hydrogens is 342 g/mol. The number of amides is 1. The Labute approximate surface area is 161 Å². The van der Waals surface area contributed by atoms with Crippen molar-refractivity contribution in [2.75, 3.05) is 25.0 Å². The third kappa shape index (κ3) is 4.29. The van der Waals surface area contributed by atoms with Crippen LogP contribution in [-0.4, -0.2) is 30.4 Å². The first-order valence-electron chi connectivity index (χ1n) is 9.84. The quantitative estimate of drug-likeness (QED) is 0.852. The first-order valence-corrected chi connectivity index (χ1v) is 10.7. The molecule has 1 aromatic heterocycles. The van der Waals surface area contributed by atoms with Gasteiger partial charge in [0.25, 0.3) is 0 Å². The lowest BCUT2D eigenvalue weighted by Crippen LogP contribution is -2.39. The summed E-state index contributed by atoms with van der Waals surface area (Å²) in [6.45, 7) is 11.6. The van der Waals surface area contributed by atoms with E-state index < -0.39 is 0 Å². The van der Waals surface area contributed by atoms with E-state index in [-0.39, 0.29) is 11.3 Å². The van der Waals surface area contributed by atoms with Crippen molar-refractivity contribution in [1.82, 2.24) is 4.90 Å². The van der Waals surface area contributed by atoms with Gasteiger partial charge in [0.15, 0.2) is 0 Å². The summed E-state index contributed by atoms with van der Waals surface area (Å²) in [4.78, 5) is 16.1. The van der Waals surface area contributed by atoms with Crippen molar-refractivity contribution in [2.45, 2.75) is 59.8 Å². The van der Waals surface area contributed by atoms with Gasteiger partial charge in [-0.1, -0.05) is 27.7 Å². The van der Waals surface area contributed by atoms with Crippen molar-refractivity contribution in [3.63, 3.8) is 0 Å². The molecule has 2 aliphatic rings. The topological polar surface area (TPSA) is 56.1 Å². The monoisotopic (exact) mass is 373 g/mol. The summed E-state index contributed by atoms with van der Waals surface area (Å²) in [6, 6.07) is 2.36. The Balaban J connectivity index is 1.70. The first-order chi connectivity index (χ1) is 12.3. The van der Waals surface area contributed by atoms with E-state index in [1.807, 2.05) is 0 Å². The maximum atomic E-state index is 12.5. The normalized spacial score (nSPS) is 24.0. The average Bonchev–Trinajstić information content (AvgIpc) is 2.89. The van der Waals surface area contributed by atoms with Gasteiger partial charge in [-0.3, -0.25) is 9.69 Å². The van der Waals surface area contributed by atoms with Crippen molar-refractivity contribution in [3.05, 3.63) is 16.0 Å². The van der Waals surface area contributed by atoms with E-state index in [0.29, 0.717) is 23.9 Å². The Morgan fingerprint density at radius 3 is 2.81 bits per heavy atom. The molecule has 26 heavy (non-hydrogen) atoms. The highest BCUT2D eigenvalue weighted by molar-refractivity contribution is 7.16. The lowest BCUT2D eigenvalue weighted by atomic mass is 9.72. The minimum Gasteiger partial charge on any atom is -0.315 e. The second kappa shape index (κ2) is 7.70. The maximum absolute atomic E-state index is 12.5. The summed E-state index contributed by atoms with van der Waals surface area (Å²) in [5.74, 6) is 1.31. The standard InChI is InChI=1S/C21H31N3OS/c1-14-6-5-9-24(12-14)13-19(25)23-20-17(11-22)16-8-7-15(21(2,3)4)10-18(16)26-20/h14-15H,5-10,12-13H2,1-4H3,(H,23,25). The number of hydrogen-bond acceptors (Lipinski definition) is 4. The van der Waals surface area contributed by atoms with Crippen LogP contribution in [0.2, 0.25) is 0 Å². The van der Waals surface area contributed by atoms with Crippen molar-refractivity contribution in [2.24, 2.45) is 17.3 Å². The minimum absolute atomic E-state index is 0.0153. The summed E-state index contributed by atoms with van der Waals surface area (Å²) in [7, 11) is 0. The highest BCUT2D eigenvalue weighted by Gasteiger charge is 2.32. The van der Waals surface area contributed by atoms with Crippen molar-refractivity contribution in [3.8, 4) is 6.07 Å². The number of hydrogen-bond donors (Lipinski definition) is 1. The molecule has 3 rings (SSSR count). The zero-order chi connectivity index (χ0) is 18.9. The average molecular weight is 374 g/mol. The predicted octanol–water partition coefficient (Wildman–Crippen LogP) is 4.44. The Hall–Kier alpha value is -1.38. The third-order valence-electron chi connectivity index (χ3n) is 5.96. The Bertz CT molecular complexity index is 710. The summed E-state index contributed by atoms with van der Waals surface area (Å²) >= 11 is 1.62. The number of nitrogens with zero attached hydrogens (tertiary/aromatic N) is 2.